The number of ether oxygens (including phenoxy) is 2. The predicted molar refractivity (Wildman–Crippen MR) is 249 cm³/mol. The summed E-state index contributed by atoms with van der Waals surface area (Å²) in [6.45, 7) is 4.95. The summed E-state index contributed by atoms with van der Waals surface area (Å²) >= 11 is 0. The molecular formula is C59H42O2. The Labute approximate surface area is 357 Å². The topological polar surface area (TPSA) is 18.5 Å². The highest BCUT2D eigenvalue weighted by Crippen LogP contribution is 2.64. The Morgan fingerprint density at radius 2 is 0.770 bits per heavy atom. The molecule has 0 radical (unpaired) electrons. The molecular weight excluding hydrogens is 741 g/mol. The Morgan fingerprint density at radius 1 is 0.328 bits per heavy atom. The van der Waals surface area contributed by atoms with Gasteiger partial charge in [-0.3, -0.25) is 0 Å². The molecule has 1 aliphatic heterocycles. The van der Waals surface area contributed by atoms with Gasteiger partial charge in [0.2, 0.25) is 6.79 Å². The van der Waals surface area contributed by atoms with Crippen molar-refractivity contribution in [3.8, 4) is 78.3 Å². The van der Waals surface area contributed by atoms with Crippen LogP contribution in [0.4, 0.5) is 0 Å². The maximum atomic E-state index is 6.24. The minimum Gasteiger partial charge on any atom is -0.454 e. The van der Waals surface area contributed by atoms with Crippen LogP contribution in [0.2, 0.25) is 0 Å². The van der Waals surface area contributed by atoms with Crippen molar-refractivity contribution in [3.05, 3.63) is 240 Å². The molecule has 0 fully saturated rings. The Morgan fingerprint density at radius 3 is 1.36 bits per heavy atom. The Balaban J connectivity index is 1.15. The van der Waals surface area contributed by atoms with E-state index < -0.39 is 5.41 Å². The van der Waals surface area contributed by atoms with E-state index in [1.165, 1.54) is 100 Å². The molecule has 9 aromatic carbocycles. The van der Waals surface area contributed by atoms with Gasteiger partial charge in [-0.1, -0.05) is 184 Å². The predicted octanol–water partition coefficient (Wildman–Crippen LogP) is 14.8. The lowest BCUT2D eigenvalue weighted by Gasteiger charge is -2.35. The van der Waals surface area contributed by atoms with Crippen LogP contribution >= 0.6 is 0 Å². The van der Waals surface area contributed by atoms with E-state index in [0.29, 0.717) is 0 Å². The van der Waals surface area contributed by atoms with Gasteiger partial charge in [0.25, 0.3) is 0 Å². The normalized spacial score (nSPS) is 14.5. The van der Waals surface area contributed by atoms with Crippen LogP contribution in [0.5, 0.6) is 11.5 Å². The Bertz CT molecular complexity index is 3070. The lowest BCUT2D eigenvalue weighted by molar-refractivity contribution is 0.174. The third-order valence-corrected chi connectivity index (χ3v) is 13.5. The van der Waals surface area contributed by atoms with Crippen molar-refractivity contribution in [2.75, 3.05) is 6.79 Å². The van der Waals surface area contributed by atoms with E-state index in [1.807, 2.05) is 0 Å². The minimum absolute atomic E-state index is 0.157. The average molecular weight is 783 g/mol. The van der Waals surface area contributed by atoms with Gasteiger partial charge in [-0.05, 0) is 137 Å². The van der Waals surface area contributed by atoms with Crippen LogP contribution in [0.1, 0.15) is 47.2 Å². The third kappa shape index (κ3) is 5.35. The fourth-order valence-electron chi connectivity index (χ4n) is 10.7. The molecule has 2 nitrogen and oxygen atoms in total. The second-order valence-electron chi connectivity index (χ2n) is 17.1. The highest BCUT2D eigenvalue weighted by atomic mass is 16.7. The highest BCUT2D eigenvalue weighted by Gasteiger charge is 2.50. The highest BCUT2D eigenvalue weighted by molar-refractivity contribution is 6.01. The first-order valence-corrected chi connectivity index (χ1v) is 21.2. The molecule has 9 aromatic rings. The van der Waals surface area contributed by atoms with E-state index in [2.05, 4.69) is 220 Å². The number of benzene rings is 9. The molecule has 0 saturated carbocycles. The number of rotatable bonds is 6. The summed E-state index contributed by atoms with van der Waals surface area (Å²) < 4.78 is 12.4. The standard InChI is InChI=1S/C59H42O2/c1-58(2)50-28-10-9-27-48(50)56-51(58)29-30-52-57(56)49-35-54-55(61-37-60-54)36-53(49)59(52,46-25-13-23-44(33-46)42-21-11-19-40(31-42)38-15-5-3-6-16-38)47-26-14-24-45(34-47)43-22-12-20-41(32-43)39-17-7-4-8-18-39/h3-36H,37H2,1-2H3. The van der Waals surface area contributed by atoms with Gasteiger partial charge in [0.1, 0.15) is 0 Å². The molecule has 0 aromatic heterocycles. The van der Waals surface area contributed by atoms with Gasteiger partial charge in [0, 0.05) is 5.41 Å². The molecule has 290 valence electrons. The van der Waals surface area contributed by atoms with Crippen LogP contribution in [-0.4, -0.2) is 6.79 Å². The van der Waals surface area contributed by atoms with Crippen molar-refractivity contribution in [3.63, 3.8) is 0 Å². The monoisotopic (exact) mass is 782 g/mol. The molecule has 0 atom stereocenters. The molecule has 3 aliphatic rings. The number of fused-ring (bicyclic) bond motifs is 8. The summed E-state index contributed by atoms with van der Waals surface area (Å²) in [5.74, 6) is 1.58. The molecule has 0 amide bonds. The number of hydrogen-bond acceptors (Lipinski definition) is 2. The van der Waals surface area contributed by atoms with Crippen LogP contribution in [0.3, 0.4) is 0 Å². The zero-order valence-corrected chi connectivity index (χ0v) is 34.2. The lowest BCUT2D eigenvalue weighted by atomic mass is 9.66. The van der Waals surface area contributed by atoms with E-state index in [9.17, 15) is 0 Å². The second-order valence-corrected chi connectivity index (χ2v) is 17.1. The van der Waals surface area contributed by atoms with Crippen molar-refractivity contribution < 1.29 is 9.47 Å². The molecule has 0 saturated heterocycles. The lowest BCUT2D eigenvalue weighted by Crippen LogP contribution is -2.29. The van der Waals surface area contributed by atoms with Crippen molar-refractivity contribution in [1.82, 2.24) is 0 Å². The van der Waals surface area contributed by atoms with Gasteiger partial charge in [0.05, 0.1) is 5.41 Å². The van der Waals surface area contributed by atoms with Gasteiger partial charge in [-0.2, -0.15) is 0 Å². The number of hydrogen-bond donors (Lipinski definition) is 0. The molecule has 12 rings (SSSR count). The van der Waals surface area contributed by atoms with Crippen LogP contribution < -0.4 is 9.47 Å². The van der Waals surface area contributed by atoms with Crippen molar-refractivity contribution in [2.24, 2.45) is 0 Å². The summed E-state index contributed by atoms with van der Waals surface area (Å²) in [5.41, 5.74) is 21.3. The van der Waals surface area contributed by atoms with E-state index in [0.717, 1.165) is 11.5 Å². The van der Waals surface area contributed by atoms with E-state index in [1.54, 1.807) is 0 Å². The summed E-state index contributed by atoms with van der Waals surface area (Å²) in [5, 5.41) is 0. The zero-order chi connectivity index (χ0) is 40.7. The second kappa shape index (κ2) is 13.6. The largest absolute Gasteiger partial charge is 0.454 e. The van der Waals surface area contributed by atoms with Gasteiger partial charge in [0.15, 0.2) is 11.5 Å². The quantitative estimate of drug-likeness (QED) is 0.167. The molecule has 0 N–H and O–H groups in total. The first-order valence-electron chi connectivity index (χ1n) is 21.2. The van der Waals surface area contributed by atoms with E-state index in [4.69, 9.17) is 9.47 Å². The summed E-state index contributed by atoms with van der Waals surface area (Å²) in [6.07, 6.45) is 0. The van der Waals surface area contributed by atoms with Gasteiger partial charge < -0.3 is 9.47 Å². The Kier molecular flexibility index (Phi) is 7.89. The molecule has 2 aliphatic carbocycles. The molecule has 2 heteroatoms. The zero-order valence-electron chi connectivity index (χ0n) is 34.2. The van der Waals surface area contributed by atoms with Crippen molar-refractivity contribution >= 4 is 0 Å². The van der Waals surface area contributed by atoms with E-state index >= 15 is 0 Å². The SMILES string of the molecule is CC1(C)c2ccccc2-c2c1ccc1c2-c2cc3c(cc2C1(c1cccc(-c2cccc(-c4ccccc4)c2)c1)c1cccc(-c2cccc(-c4ccccc4)c2)c1)OCO3. The molecule has 0 spiro atoms. The first kappa shape index (κ1) is 35.5. The summed E-state index contributed by atoms with van der Waals surface area (Å²) in [6, 6.07) is 76.1. The van der Waals surface area contributed by atoms with Crippen molar-refractivity contribution in [2.45, 2.75) is 24.7 Å². The maximum absolute atomic E-state index is 6.24. The smallest absolute Gasteiger partial charge is 0.231 e. The van der Waals surface area contributed by atoms with Gasteiger partial charge in [-0.15, -0.1) is 0 Å². The first-order chi connectivity index (χ1) is 30.0. The fraction of sp³-hybridized carbons (Fsp3) is 0.0847. The van der Waals surface area contributed by atoms with Gasteiger partial charge >= 0.3 is 0 Å². The molecule has 0 unspecified atom stereocenters. The fourth-order valence-corrected chi connectivity index (χ4v) is 10.7. The molecule has 1 heterocycles. The van der Waals surface area contributed by atoms with Gasteiger partial charge in [-0.25, -0.2) is 0 Å². The van der Waals surface area contributed by atoms with Crippen LogP contribution in [0.25, 0.3) is 66.8 Å². The van der Waals surface area contributed by atoms with E-state index in [-0.39, 0.29) is 12.2 Å². The minimum atomic E-state index is -0.706. The Hall–Kier alpha value is -7.42. The molecule has 61 heavy (non-hydrogen) atoms. The van der Waals surface area contributed by atoms with Crippen LogP contribution in [0.15, 0.2) is 206 Å². The maximum Gasteiger partial charge on any atom is 0.231 e. The van der Waals surface area contributed by atoms with Crippen molar-refractivity contribution in [1.29, 1.82) is 0 Å². The van der Waals surface area contributed by atoms with Crippen LogP contribution in [-0.2, 0) is 10.8 Å². The third-order valence-electron chi connectivity index (χ3n) is 13.5. The summed E-state index contributed by atoms with van der Waals surface area (Å²) in [7, 11) is 0. The molecule has 0 bridgehead atoms. The average Bonchev–Trinajstić information content (AvgIpc) is 3.98. The van der Waals surface area contributed by atoms with Crippen LogP contribution in [0, 0.1) is 0 Å². The summed E-state index contributed by atoms with van der Waals surface area (Å²) in [4.78, 5) is 0.